The molecule has 1 aliphatic rings. The number of hydrogen-bond acceptors (Lipinski definition) is 4. The van der Waals surface area contributed by atoms with Gasteiger partial charge in [-0.2, -0.15) is 0 Å². The molecule has 4 nitrogen and oxygen atoms in total. The van der Waals surface area contributed by atoms with Crippen molar-refractivity contribution in [1.29, 1.82) is 0 Å². The number of benzene rings is 2. The molecule has 2 aromatic carbocycles. The monoisotopic (exact) mass is 380 g/mol. The predicted molar refractivity (Wildman–Crippen MR) is 115 cm³/mol. The van der Waals surface area contributed by atoms with Crippen LogP contribution in [0.4, 0.5) is 5.69 Å². The zero-order chi connectivity index (χ0) is 19.4. The zero-order valence-electron chi connectivity index (χ0n) is 16.2. The number of hydrogen-bond donors (Lipinski definition) is 0. The maximum Gasteiger partial charge on any atom is 0.271 e. The first-order valence-electron chi connectivity index (χ1n) is 9.04. The van der Waals surface area contributed by atoms with Gasteiger partial charge in [0.25, 0.3) is 5.91 Å². The molecule has 1 heterocycles. The number of methoxy groups -OCH3 is 1. The van der Waals surface area contributed by atoms with Crippen LogP contribution in [0.2, 0.25) is 0 Å². The number of amides is 1. The van der Waals surface area contributed by atoms with Crippen molar-refractivity contribution >= 4 is 34.6 Å². The first kappa shape index (κ1) is 19.2. The van der Waals surface area contributed by atoms with Crippen molar-refractivity contribution in [3.63, 3.8) is 0 Å². The molecule has 2 aromatic rings. The normalized spacial score (nSPS) is 17.2. The van der Waals surface area contributed by atoms with Crippen molar-refractivity contribution in [1.82, 2.24) is 0 Å². The number of amidine groups is 1. The van der Waals surface area contributed by atoms with E-state index in [0.717, 1.165) is 39.7 Å². The van der Waals surface area contributed by atoms with Crippen LogP contribution < -0.4 is 9.64 Å². The summed E-state index contributed by atoms with van der Waals surface area (Å²) in [6.45, 7) is 6.80. The number of ether oxygens (including phenoxy) is 1. The van der Waals surface area contributed by atoms with Gasteiger partial charge in [0, 0.05) is 6.54 Å². The van der Waals surface area contributed by atoms with Crippen molar-refractivity contribution in [3.8, 4) is 5.75 Å². The fourth-order valence-corrected chi connectivity index (χ4v) is 3.95. The van der Waals surface area contributed by atoms with Gasteiger partial charge in [0.1, 0.15) is 5.75 Å². The summed E-state index contributed by atoms with van der Waals surface area (Å²) in [5, 5.41) is 0.743. The number of nitrogens with zero attached hydrogens (tertiary/aromatic N) is 2. The van der Waals surface area contributed by atoms with Crippen LogP contribution in [0.25, 0.3) is 6.08 Å². The maximum absolute atomic E-state index is 13.2. The molecule has 1 aliphatic heterocycles. The van der Waals surface area contributed by atoms with Gasteiger partial charge in [-0.1, -0.05) is 31.2 Å². The van der Waals surface area contributed by atoms with Gasteiger partial charge >= 0.3 is 0 Å². The molecule has 0 atom stereocenters. The molecule has 3 rings (SSSR count). The molecule has 0 unspecified atom stereocenters. The summed E-state index contributed by atoms with van der Waals surface area (Å²) in [6, 6.07) is 13.8. The highest BCUT2D eigenvalue weighted by Crippen LogP contribution is 2.37. The van der Waals surface area contributed by atoms with Crippen molar-refractivity contribution in [2.75, 3.05) is 18.6 Å². The molecular formula is C22H24N2O2S. The Morgan fingerprint density at radius 3 is 2.59 bits per heavy atom. The lowest BCUT2D eigenvalue weighted by Gasteiger charge is -2.18. The van der Waals surface area contributed by atoms with Gasteiger partial charge < -0.3 is 4.74 Å². The van der Waals surface area contributed by atoms with E-state index in [1.807, 2.05) is 62.4 Å². The molecular weight excluding hydrogens is 356 g/mol. The van der Waals surface area contributed by atoms with Crippen LogP contribution >= 0.6 is 11.8 Å². The molecule has 0 aromatic heterocycles. The smallest absolute Gasteiger partial charge is 0.271 e. The number of carbonyl (C=O) groups is 1. The Labute approximate surface area is 164 Å². The summed E-state index contributed by atoms with van der Waals surface area (Å²) >= 11 is 1.44. The average molecular weight is 381 g/mol. The minimum atomic E-state index is -0.0300. The third-order valence-electron chi connectivity index (χ3n) is 4.35. The van der Waals surface area contributed by atoms with E-state index in [-0.39, 0.29) is 5.91 Å². The highest BCUT2D eigenvalue weighted by Gasteiger charge is 2.35. The van der Waals surface area contributed by atoms with Crippen molar-refractivity contribution in [3.05, 3.63) is 64.1 Å². The number of carbonyl (C=O) groups excluding carboxylic acids is 1. The second-order valence-corrected chi connectivity index (χ2v) is 7.44. The highest BCUT2D eigenvalue weighted by molar-refractivity contribution is 8.19. The number of aryl methyl sites for hydroxylation is 2. The molecule has 0 aliphatic carbocycles. The zero-order valence-corrected chi connectivity index (χ0v) is 17.0. The van der Waals surface area contributed by atoms with E-state index < -0.39 is 0 Å². The van der Waals surface area contributed by atoms with Crippen LogP contribution in [-0.2, 0) is 4.79 Å². The van der Waals surface area contributed by atoms with Gasteiger partial charge in [0.05, 0.1) is 17.7 Å². The molecule has 5 heteroatoms. The minimum Gasteiger partial charge on any atom is -0.496 e. The predicted octanol–water partition coefficient (Wildman–Crippen LogP) is 5.20. The second-order valence-electron chi connectivity index (χ2n) is 6.43. The van der Waals surface area contributed by atoms with Gasteiger partial charge in [-0.3, -0.25) is 14.7 Å². The summed E-state index contributed by atoms with van der Waals surface area (Å²) in [5.41, 5.74) is 3.96. The Hall–Kier alpha value is -2.53. The third-order valence-corrected chi connectivity index (χ3v) is 5.36. The molecule has 0 bridgehead atoms. The Morgan fingerprint density at radius 1 is 1.15 bits per heavy atom. The van der Waals surface area contributed by atoms with Crippen LogP contribution in [-0.4, -0.2) is 24.7 Å². The van der Waals surface area contributed by atoms with E-state index in [1.54, 1.807) is 12.0 Å². The van der Waals surface area contributed by atoms with E-state index >= 15 is 0 Å². The summed E-state index contributed by atoms with van der Waals surface area (Å²) < 4.78 is 5.32. The van der Waals surface area contributed by atoms with Crippen molar-refractivity contribution < 1.29 is 9.53 Å². The first-order chi connectivity index (χ1) is 13.0. The van der Waals surface area contributed by atoms with Crippen LogP contribution in [0.15, 0.2) is 52.4 Å². The Kier molecular flexibility index (Phi) is 6.01. The lowest BCUT2D eigenvalue weighted by molar-refractivity contribution is -0.113. The summed E-state index contributed by atoms with van der Waals surface area (Å²) in [7, 11) is 1.66. The number of thioether (sulfide) groups is 1. The van der Waals surface area contributed by atoms with E-state index in [0.29, 0.717) is 11.4 Å². The van der Waals surface area contributed by atoms with E-state index in [4.69, 9.17) is 4.74 Å². The second kappa shape index (κ2) is 8.44. The van der Waals surface area contributed by atoms with Gasteiger partial charge in [-0.25, -0.2) is 0 Å². The molecule has 0 radical (unpaired) electrons. The summed E-state index contributed by atoms with van der Waals surface area (Å²) in [5.74, 6) is 0.812. The number of rotatable bonds is 5. The molecule has 0 N–H and O–H groups in total. The Morgan fingerprint density at radius 2 is 1.93 bits per heavy atom. The van der Waals surface area contributed by atoms with Gasteiger partial charge in [0.15, 0.2) is 5.17 Å². The molecule has 1 saturated heterocycles. The standard InChI is InChI=1S/C22H24N2O2S/c1-5-12-23-22-24(18-9-7-6-8-15(18)2)21(25)20(27-22)14-17-10-11-19(26-4)16(3)13-17/h6-11,13-14H,5,12H2,1-4H3/b20-14-,23-22+. The number of anilines is 1. The van der Waals surface area contributed by atoms with Gasteiger partial charge in [-0.15, -0.1) is 0 Å². The van der Waals surface area contributed by atoms with Crippen molar-refractivity contribution in [2.24, 2.45) is 4.99 Å². The summed E-state index contributed by atoms with van der Waals surface area (Å²) in [6.07, 6.45) is 2.87. The molecule has 27 heavy (non-hydrogen) atoms. The molecule has 0 saturated carbocycles. The van der Waals surface area contributed by atoms with Crippen LogP contribution in [0, 0.1) is 13.8 Å². The fourth-order valence-electron chi connectivity index (χ4n) is 2.96. The van der Waals surface area contributed by atoms with Gasteiger partial charge in [0.2, 0.25) is 0 Å². The third kappa shape index (κ3) is 4.08. The summed E-state index contributed by atoms with van der Waals surface area (Å²) in [4.78, 5) is 20.2. The van der Waals surface area contributed by atoms with Crippen LogP contribution in [0.5, 0.6) is 5.75 Å². The number of aliphatic imine (C=N–C) groups is 1. The van der Waals surface area contributed by atoms with E-state index in [2.05, 4.69) is 11.9 Å². The lowest BCUT2D eigenvalue weighted by atomic mass is 10.1. The fraction of sp³-hybridized carbons (Fsp3) is 0.273. The van der Waals surface area contributed by atoms with Gasteiger partial charge in [-0.05, 0) is 73.0 Å². The Balaban J connectivity index is 2.00. The Bertz CT molecular complexity index is 918. The molecule has 140 valence electrons. The molecule has 0 spiro atoms. The van der Waals surface area contributed by atoms with Crippen LogP contribution in [0.1, 0.15) is 30.0 Å². The average Bonchev–Trinajstić information content (AvgIpc) is 2.96. The van der Waals surface area contributed by atoms with Crippen molar-refractivity contribution in [2.45, 2.75) is 27.2 Å². The maximum atomic E-state index is 13.2. The highest BCUT2D eigenvalue weighted by atomic mass is 32.2. The molecule has 1 fully saturated rings. The topological polar surface area (TPSA) is 41.9 Å². The minimum absolute atomic E-state index is 0.0300. The SMILES string of the molecule is CCC/N=C1/S/C(=C\c2ccc(OC)c(C)c2)C(=O)N1c1ccccc1C. The van der Waals surface area contributed by atoms with E-state index in [9.17, 15) is 4.79 Å². The quantitative estimate of drug-likeness (QED) is 0.670. The van der Waals surface area contributed by atoms with Crippen LogP contribution in [0.3, 0.4) is 0 Å². The molecule has 1 amide bonds. The number of para-hydroxylation sites is 1. The first-order valence-corrected chi connectivity index (χ1v) is 9.85. The van der Waals surface area contributed by atoms with E-state index in [1.165, 1.54) is 11.8 Å². The largest absolute Gasteiger partial charge is 0.496 e. The lowest BCUT2D eigenvalue weighted by Crippen LogP contribution is -2.29.